The zero-order valence-corrected chi connectivity index (χ0v) is 11.6. The molecule has 5 heteroatoms. The topological polar surface area (TPSA) is 56.9 Å². The average Bonchev–Trinajstić information content (AvgIpc) is 2.65. The predicted molar refractivity (Wildman–Crippen MR) is 77.6 cm³/mol. The second kappa shape index (κ2) is 5.80. The number of rotatable bonds is 3. The molecule has 0 aliphatic carbocycles. The molecule has 0 fully saturated rings. The van der Waals surface area contributed by atoms with Gasteiger partial charge in [-0.25, -0.2) is 4.79 Å². The highest BCUT2D eigenvalue weighted by Crippen LogP contribution is 2.14. The molecule has 1 aromatic heterocycles. The van der Waals surface area contributed by atoms with Crippen LogP contribution in [-0.2, 0) is 6.54 Å². The lowest BCUT2D eigenvalue weighted by Gasteiger charge is -2.07. The number of hydrogen-bond acceptors (Lipinski definition) is 1. The summed E-state index contributed by atoms with van der Waals surface area (Å²) in [5.74, 6) is 0. The van der Waals surface area contributed by atoms with Gasteiger partial charge in [0.2, 0.25) is 0 Å². The van der Waals surface area contributed by atoms with Crippen molar-refractivity contribution in [1.82, 2.24) is 10.3 Å². The lowest BCUT2D eigenvalue weighted by Crippen LogP contribution is -2.28. The fraction of sp³-hybridized carbons (Fsp3) is 0.214. The molecule has 0 bridgehead atoms. The summed E-state index contributed by atoms with van der Waals surface area (Å²) >= 11 is 5.85. The summed E-state index contributed by atoms with van der Waals surface area (Å²) in [5, 5.41) is 6.13. The van der Waals surface area contributed by atoms with Crippen LogP contribution in [0.2, 0.25) is 5.02 Å². The Bertz CT molecular complexity index is 592. The minimum atomic E-state index is -0.250. The van der Waals surface area contributed by atoms with Crippen molar-refractivity contribution in [3.63, 3.8) is 0 Å². The van der Waals surface area contributed by atoms with E-state index in [0.29, 0.717) is 17.3 Å². The van der Waals surface area contributed by atoms with Gasteiger partial charge >= 0.3 is 6.03 Å². The number of H-pyrrole nitrogens is 1. The maximum atomic E-state index is 11.7. The normalized spacial score (nSPS) is 10.3. The zero-order valence-electron chi connectivity index (χ0n) is 10.9. The van der Waals surface area contributed by atoms with Crippen LogP contribution >= 0.6 is 11.6 Å². The van der Waals surface area contributed by atoms with E-state index in [0.717, 1.165) is 17.0 Å². The van der Waals surface area contributed by atoms with E-state index in [1.165, 1.54) is 0 Å². The lowest BCUT2D eigenvalue weighted by molar-refractivity contribution is 0.251. The van der Waals surface area contributed by atoms with Gasteiger partial charge in [0.25, 0.3) is 0 Å². The molecule has 2 rings (SSSR count). The maximum absolute atomic E-state index is 11.7. The number of amides is 2. The number of carbonyl (C=O) groups is 1. The van der Waals surface area contributed by atoms with Crippen LogP contribution in [0.3, 0.4) is 0 Å². The van der Waals surface area contributed by atoms with Crippen molar-refractivity contribution < 1.29 is 4.79 Å². The van der Waals surface area contributed by atoms with Crippen molar-refractivity contribution in [2.75, 3.05) is 5.32 Å². The molecule has 0 spiro atoms. The van der Waals surface area contributed by atoms with Gasteiger partial charge in [-0.15, -0.1) is 0 Å². The summed E-state index contributed by atoms with van der Waals surface area (Å²) < 4.78 is 0. The molecule has 19 heavy (non-hydrogen) atoms. The Morgan fingerprint density at radius 2 is 2.11 bits per heavy atom. The van der Waals surface area contributed by atoms with E-state index in [4.69, 9.17) is 11.6 Å². The number of nitrogens with one attached hydrogen (secondary N) is 3. The van der Waals surface area contributed by atoms with Crippen LogP contribution < -0.4 is 10.6 Å². The van der Waals surface area contributed by atoms with Gasteiger partial charge in [0.15, 0.2) is 0 Å². The Balaban J connectivity index is 1.90. The molecule has 2 aromatic rings. The minimum absolute atomic E-state index is 0.250. The van der Waals surface area contributed by atoms with Crippen molar-refractivity contribution in [2.45, 2.75) is 20.4 Å². The summed E-state index contributed by atoms with van der Waals surface area (Å²) in [6.07, 6.45) is 0. The third kappa shape index (κ3) is 3.76. The summed E-state index contributed by atoms with van der Waals surface area (Å²) in [6, 6.07) is 8.81. The first-order valence-electron chi connectivity index (χ1n) is 6.00. The summed E-state index contributed by atoms with van der Waals surface area (Å²) in [7, 11) is 0. The number of halogens is 1. The fourth-order valence-electron chi connectivity index (χ4n) is 1.88. The molecular formula is C14H16ClN3O. The Morgan fingerprint density at radius 3 is 2.74 bits per heavy atom. The Labute approximate surface area is 117 Å². The van der Waals surface area contributed by atoms with E-state index < -0.39 is 0 Å². The van der Waals surface area contributed by atoms with Crippen molar-refractivity contribution in [3.05, 3.63) is 52.3 Å². The first-order chi connectivity index (χ1) is 9.04. The van der Waals surface area contributed by atoms with Gasteiger partial charge < -0.3 is 15.6 Å². The fourth-order valence-corrected chi connectivity index (χ4v) is 2.07. The van der Waals surface area contributed by atoms with Gasteiger partial charge in [-0.2, -0.15) is 0 Å². The maximum Gasteiger partial charge on any atom is 0.319 e. The smallest absolute Gasteiger partial charge is 0.319 e. The molecule has 0 aliphatic heterocycles. The molecule has 2 amide bonds. The molecule has 1 aromatic carbocycles. The SMILES string of the molecule is Cc1cc(CNC(=O)Nc2cccc(Cl)c2)c(C)[nH]1. The monoisotopic (exact) mass is 277 g/mol. The Hall–Kier alpha value is -1.94. The van der Waals surface area contributed by atoms with Crippen LogP contribution in [0, 0.1) is 13.8 Å². The molecule has 3 N–H and O–H groups in total. The lowest BCUT2D eigenvalue weighted by atomic mass is 10.2. The predicted octanol–water partition coefficient (Wildman–Crippen LogP) is 3.61. The number of benzene rings is 1. The largest absolute Gasteiger partial charge is 0.362 e. The second-order valence-electron chi connectivity index (χ2n) is 4.42. The standard InChI is InChI=1S/C14H16ClN3O/c1-9-6-11(10(2)17-9)8-16-14(19)18-13-5-3-4-12(15)7-13/h3-7,17H,8H2,1-2H3,(H2,16,18,19). The third-order valence-electron chi connectivity index (χ3n) is 2.78. The summed E-state index contributed by atoms with van der Waals surface area (Å²) in [5.41, 5.74) is 3.91. The Morgan fingerprint density at radius 1 is 1.32 bits per heavy atom. The van der Waals surface area contributed by atoms with Crippen LogP contribution in [0.15, 0.2) is 30.3 Å². The first kappa shape index (κ1) is 13.5. The van der Waals surface area contributed by atoms with Gasteiger partial charge in [-0.05, 0) is 43.7 Å². The first-order valence-corrected chi connectivity index (χ1v) is 6.38. The van der Waals surface area contributed by atoms with Gasteiger partial charge in [-0.1, -0.05) is 17.7 Å². The van der Waals surface area contributed by atoms with E-state index in [9.17, 15) is 4.79 Å². The van der Waals surface area contributed by atoms with Crippen LogP contribution in [0.5, 0.6) is 0 Å². The number of hydrogen-bond donors (Lipinski definition) is 3. The molecule has 0 atom stereocenters. The molecule has 0 saturated heterocycles. The molecule has 0 aliphatic rings. The van der Waals surface area contributed by atoms with Gasteiger partial charge in [0, 0.05) is 28.6 Å². The number of aryl methyl sites for hydroxylation is 2. The molecule has 100 valence electrons. The molecule has 0 unspecified atom stereocenters. The van der Waals surface area contributed by atoms with Gasteiger partial charge in [-0.3, -0.25) is 0 Å². The highest BCUT2D eigenvalue weighted by Gasteiger charge is 2.05. The van der Waals surface area contributed by atoms with E-state index in [1.54, 1.807) is 24.3 Å². The molecular weight excluding hydrogens is 262 g/mol. The van der Waals surface area contributed by atoms with Crippen LogP contribution in [0.25, 0.3) is 0 Å². The van der Waals surface area contributed by atoms with Crippen molar-refractivity contribution in [3.8, 4) is 0 Å². The zero-order chi connectivity index (χ0) is 13.8. The molecule has 4 nitrogen and oxygen atoms in total. The number of aromatic nitrogens is 1. The Kier molecular flexibility index (Phi) is 4.12. The van der Waals surface area contributed by atoms with Crippen LogP contribution in [-0.4, -0.2) is 11.0 Å². The molecule has 0 radical (unpaired) electrons. The van der Waals surface area contributed by atoms with Crippen molar-refractivity contribution in [1.29, 1.82) is 0 Å². The molecule has 1 heterocycles. The van der Waals surface area contributed by atoms with E-state index in [2.05, 4.69) is 15.6 Å². The van der Waals surface area contributed by atoms with Crippen LogP contribution in [0.4, 0.5) is 10.5 Å². The van der Waals surface area contributed by atoms with E-state index in [1.807, 2.05) is 19.9 Å². The number of carbonyl (C=O) groups excluding carboxylic acids is 1. The van der Waals surface area contributed by atoms with Crippen molar-refractivity contribution in [2.24, 2.45) is 0 Å². The van der Waals surface area contributed by atoms with Gasteiger partial charge in [0.1, 0.15) is 0 Å². The van der Waals surface area contributed by atoms with Crippen molar-refractivity contribution >= 4 is 23.3 Å². The van der Waals surface area contributed by atoms with E-state index in [-0.39, 0.29) is 6.03 Å². The highest BCUT2D eigenvalue weighted by molar-refractivity contribution is 6.30. The third-order valence-corrected chi connectivity index (χ3v) is 3.01. The second-order valence-corrected chi connectivity index (χ2v) is 4.86. The molecule has 0 saturated carbocycles. The number of urea groups is 1. The highest BCUT2D eigenvalue weighted by atomic mass is 35.5. The summed E-state index contributed by atoms with van der Waals surface area (Å²) in [4.78, 5) is 14.9. The number of anilines is 1. The summed E-state index contributed by atoms with van der Waals surface area (Å²) in [6.45, 7) is 4.46. The van der Waals surface area contributed by atoms with Crippen LogP contribution in [0.1, 0.15) is 17.0 Å². The number of aromatic amines is 1. The minimum Gasteiger partial charge on any atom is -0.362 e. The van der Waals surface area contributed by atoms with Gasteiger partial charge in [0.05, 0.1) is 0 Å². The average molecular weight is 278 g/mol. The van der Waals surface area contributed by atoms with E-state index >= 15 is 0 Å². The quantitative estimate of drug-likeness (QED) is 0.789.